The van der Waals surface area contributed by atoms with E-state index in [4.69, 9.17) is 38.6 Å². The summed E-state index contributed by atoms with van der Waals surface area (Å²) in [4.78, 5) is 22.0. The van der Waals surface area contributed by atoms with Gasteiger partial charge in [-0.2, -0.15) is 0 Å². The highest BCUT2D eigenvalue weighted by Gasteiger charge is 2.51. The van der Waals surface area contributed by atoms with Gasteiger partial charge in [0.05, 0.1) is 13.2 Å². The fourth-order valence-corrected chi connectivity index (χ4v) is 6.77. The summed E-state index contributed by atoms with van der Waals surface area (Å²) >= 11 is 0. The van der Waals surface area contributed by atoms with Crippen molar-refractivity contribution in [1.29, 1.82) is 0 Å². The zero-order chi connectivity index (χ0) is 44.2. The van der Waals surface area contributed by atoms with Crippen molar-refractivity contribution in [2.24, 2.45) is 0 Å². The van der Waals surface area contributed by atoms with Gasteiger partial charge in [0.25, 0.3) is 0 Å². The van der Waals surface area contributed by atoms with E-state index in [-0.39, 0.29) is 0 Å². The first-order valence-corrected chi connectivity index (χ1v) is 19.7. The Bertz CT molecular complexity index is 1840. The van der Waals surface area contributed by atoms with Crippen LogP contribution in [0.3, 0.4) is 0 Å². The standard InChI is InChI=1S/C12H19NO16S2.C12H19NO13S/c14-3-1-4(10(17)18)28-12(7(3)15)29-9-5(2-26-31(23,24)25)27-11(19)6(8(9)16)13-30(20,21)22;14-2-5-9(8(17)6(11(20)24-5)13-27(21,22)23)26-12-7(16)3(15)1-4(25-12)10(18)19/h1,3,5-9,11-16,19H,2H2,(H,17,18)(H,20,21,22)(H,23,24,25);1,3,5-9,11-17,20H,2H2,(H,18,19)(H,21,22,23)/p-3/t2*3-,5+,6+,7+,8+,9?,11?,12-/m00/s1. The third-order valence-corrected chi connectivity index (χ3v) is 9.44. The van der Waals surface area contributed by atoms with Crippen molar-refractivity contribution in [3.8, 4) is 0 Å². The molecule has 0 saturated carbocycles. The summed E-state index contributed by atoms with van der Waals surface area (Å²) in [5, 5.41) is 107. The molecule has 2 fully saturated rings. The molecular formula is C24H35N2O29S3-3. The highest BCUT2D eigenvalue weighted by Crippen LogP contribution is 2.30. The van der Waals surface area contributed by atoms with Gasteiger partial charge in [0.2, 0.25) is 34.5 Å². The number of nitrogens with one attached hydrogen (secondary N) is 2. The van der Waals surface area contributed by atoms with Crippen LogP contribution in [0, 0.1) is 0 Å². The van der Waals surface area contributed by atoms with E-state index in [0.29, 0.717) is 12.2 Å². The maximum Gasteiger partial charge on any atom is 0.371 e. The maximum absolute atomic E-state index is 11.1. The number of carboxylic acids is 2. The lowest BCUT2D eigenvalue weighted by atomic mass is 9.97. The van der Waals surface area contributed by atoms with Crippen molar-refractivity contribution < 1.29 is 137 Å². The second-order valence-corrected chi connectivity index (χ2v) is 15.3. The van der Waals surface area contributed by atoms with E-state index in [1.807, 2.05) is 0 Å². The maximum atomic E-state index is 11.1. The normalized spacial score (nSPS) is 38.5. The van der Waals surface area contributed by atoms with E-state index in [1.54, 1.807) is 0 Å². The second kappa shape index (κ2) is 19.7. The van der Waals surface area contributed by atoms with Gasteiger partial charge in [-0.3, -0.25) is 4.18 Å². The van der Waals surface area contributed by atoms with E-state index in [0.717, 1.165) is 0 Å². The van der Waals surface area contributed by atoms with E-state index in [2.05, 4.69) is 4.18 Å². The Balaban J connectivity index is 0.000000313. The van der Waals surface area contributed by atoms with Gasteiger partial charge in [-0.1, -0.05) is 0 Å². The molecule has 336 valence electrons. The van der Waals surface area contributed by atoms with Crippen molar-refractivity contribution in [1.82, 2.24) is 9.44 Å². The molecule has 0 amide bonds. The number of hydrogen-bond acceptors (Lipinski definition) is 27. The monoisotopic (exact) mass is 911 g/mol. The molecule has 0 radical (unpaired) electrons. The molecule has 0 aromatic heterocycles. The molecule has 0 spiro atoms. The summed E-state index contributed by atoms with van der Waals surface area (Å²) in [5.74, 6) is -4.95. The van der Waals surface area contributed by atoms with Crippen LogP contribution in [0.1, 0.15) is 0 Å². The molecule has 31 nitrogen and oxygen atoms in total. The van der Waals surface area contributed by atoms with Gasteiger partial charge in [-0.05, 0) is 12.2 Å². The predicted molar refractivity (Wildman–Crippen MR) is 165 cm³/mol. The number of aliphatic hydroxyl groups is 9. The number of carbonyl (C=O) groups is 2. The molecule has 0 aliphatic carbocycles. The van der Waals surface area contributed by atoms with E-state index in [1.165, 1.54) is 9.44 Å². The highest BCUT2D eigenvalue weighted by molar-refractivity contribution is 7.84. The van der Waals surface area contributed by atoms with Crippen LogP contribution in [0.5, 0.6) is 0 Å². The van der Waals surface area contributed by atoms with E-state index in [9.17, 15) is 94.5 Å². The first kappa shape index (κ1) is 49.5. The number of aliphatic hydroxyl groups excluding tert-OH is 9. The zero-order valence-electron chi connectivity index (χ0n) is 28.3. The smallest absolute Gasteiger partial charge is 0.371 e. The fourth-order valence-electron chi connectivity index (χ4n) is 5.29. The van der Waals surface area contributed by atoms with Gasteiger partial charge in [-0.25, -0.2) is 44.3 Å². The molecule has 4 aliphatic heterocycles. The Labute approximate surface area is 324 Å². The number of rotatable bonds is 14. The molecule has 16 atom stereocenters. The molecule has 0 aromatic carbocycles. The van der Waals surface area contributed by atoms with Crippen LogP contribution < -0.4 is 9.44 Å². The quantitative estimate of drug-likeness (QED) is 0.0568. The Morgan fingerprint density at radius 1 is 0.638 bits per heavy atom. The minimum atomic E-state index is -5.31. The van der Waals surface area contributed by atoms with Crippen LogP contribution in [-0.4, -0.2) is 219 Å². The summed E-state index contributed by atoms with van der Waals surface area (Å²) in [6, 6.07) is -3.99. The largest absolute Gasteiger partial charge is 0.735 e. The first-order chi connectivity index (χ1) is 26.5. The predicted octanol–water partition coefficient (Wildman–Crippen LogP) is -10.7. The minimum absolute atomic E-state index is 0.614. The Hall–Kier alpha value is -2.89. The highest BCUT2D eigenvalue weighted by atomic mass is 32.3. The third-order valence-electron chi connectivity index (χ3n) is 7.89. The minimum Gasteiger partial charge on any atom is -0.735 e. The summed E-state index contributed by atoms with van der Waals surface area (Å²) in [6.45, 7) is -2.06. The van der Waals surface area contributed by atoms with Crippen molar-refractivity contribution in [3.05, 3.63) is 23.7 Å². The summed E-state index contributed by atoms with van der Waals surface area (Å²) in [7, 11) is -15.7. The van der Waals surface area contributed by atoms with Crippen molar-refractivity contribution >= 4 is 42.9 Å². The lowest BCUT2D eigenvalue weighted by molar-refractivity contribution is -0.306. The van der Waals surface area contributed by atoms with Gasteiger partial charge in [0, 0.05) is 0 Å². The molecular weight excluding hydrogens is 876 g/mol. The zero-order valence-corrected chi connectivity index (χ0v) is 30.7. The molecule has 13 N–H and O–H groups in total. The van der Waals surface area contributed by atoms with Gasteiger partial charge in [0.15, 0.2) is 33.2 Å². The molecule has 0 aromatic rings. The van der Waals surface area contributed by atoms with Gasteiger partial charge < -0.3 is 98.3 Å². The van der Waals surface area contributed by atoms with Crippen LogP contribution in [0.4, 0.5) is 0 Å². The average molecular weight is 912 g/mol. The lowest BCUT2D eigenvalue weighted by Gasteiger charge is -2.44. The topological polar surface area (TPSA) is 517 Å². The number of carboxylic acid groups (broad SMARTS) is 2. The van der Waals surface area contributed by atoms with E-state index >= 15 is 0 Å². The lowest BCUT2D eigenvalue weighted by Crippen LogP contribution is -2.66. The van der Waals surface area contributed by atoms with Crippen LogP contribution in [0.15, 0.2) is 23.7 Å². The van der Waals surface area contributed by atoms with Crippen molar-refractivity contribution in [2.75, 3.05) is 13.2 Å². The average Bonchev–Trinajstić information content (AvgIpc) is 3.08. The van der Waals surface area contributed by atoms with E-state index < -0.39 is 166 Å². The molecule has 58 heavy (non-hydrogen) atoms. The summed E-state index contributed by atoms with van der Waals surface area (Å²) < 4.78 is 134. The van der Waals surface area contributed by atoms with Gasteiger partial charge in [0.1, 0.15) is 73.1 Å². The van der Waals surface area contributed by atoms with Crippen LogP contribution in [-0.2, 0) is 73.2 Å². The van der Waals surface area contributed by atoms with Gasteiger partial charge in [-0.15, -0.1) is 0 Å². The van der Waals surface area contributed by atoms with Crippen molar-refractivity contribution in [2.45, 2.75) is 98.3 Å². The molecule has 34 heteroatoms. The number of hydrogen-bond donors (Lipinski definition) is 13. The SMILES string of the molecule is O=C(O)C1=C[C@H](O)[C@@H](O)[C@H](OC2[C@@H](CO)OC(O)[C@H](NS(=O)(=O)[O-])[C@H]2O)O1.O=C(O)C1=C[C@H](O)[C@@H](O)[C@H](OC2[C@@H](COS(=O)(=O)[O-])OC(O)[C@H](NS(=O)(=O)[O-])[C@H]2O)O1. The van der Waals surface area contributed by atoms with Crippen LogP contribution in [0.2, 0.25) is 0 Å². The fraction of sp³-hybridized carbons (Fsp3) is 0.750. The van der Waals surface area contributed by atoms with Crippen LogP contribution in [0.25, 0.3) is 0 Å². The Morgan fingerprint density at radius 3 is 1.33 bits per heavy atom. The third kappa shape index (κ3) is 13.6. The molecule has 4 aliphatic rings. The first-order valence-electron chi connectivity index (χ1n) is 15.5. The molecule has 4 heterocycles. The molecule has 4 unspecified atom stereocenters. The van der Waals surface area contributed by atoms with Crippen molar-refractivity contribution in [3.63, 3.8) is 0 Å². The Morgan fingerprint density at radius 2 is 1.00 bits per heavy atom. The summed E-state index contributed by atoms with van der Waals surface area (Å²) in [6.07, 6.45) is -25.5. The molecule has 4 rings (SSSR count). The molecule has 0 bridgehead atoms. The number of ether oxygens (including phenoxy) is 6. The summed E-state index contributed by atoms with van der Waals surface area (Å²) in [5.41, 5.74) is 0. The number of aliphatic carboxylic acids is 2. The van der Waals surface area contributed by atoms with Gasteiger partial charge >= 0.3 is 11.9 Å². The Kier molecular flexibility index (Phi) is 16.8. The second-order valence-electron chi connectivity index (χ2n) is 12.0. The van der Waals surface area contributed by atoms with Crippen LogP contribution >= 0.6 is 0 Å². The molecule has 2 saturated heterocycles.